The van der Waals surface area contributed by atoms with Crippen molar-refractivity contribution in [3.8, 4) is 22.8 Å². The Labute approximate surface area is 488 Å². The van der Waals surface area contributed by atoms with Crippen LogP contribution in [-0.4, -0.2) is 116 Å². The molecule has 2 fully saturated rings. The molecule has 0 aromatic carbocycles. The van der Waals surface area contributed by atoms with E-state index in [-0.39, 0.29) is 65.5 Å². The average Bonchev–Trinajstić information content (AvgIpc) is 4.14. The Hall–Kier alpha value is -5.74. The van der Waals surface area contributed by atoms with Crippen molar-refractivity contribution in [3.63, 3.8) is 0 Å². The molecule has 0 atom stereocenters. The van der Waals surface area contributed by atoms with E-state index < -0.39 is 11.9 Å². The minimum Gasteiger partial charge on any atom is -0.481 e. The molecule has 6 aromatic heterocycles. The molecule has 19 nitrogen and oxygen atoms in total. The van der Waals surface area contributed by atoms with Gasteiger partial charge in [-0.3, -0.25) is 14.3 Å². The lowest BCUT2D eigenvalue weighted by Gasteiger charge is -2.31. The van der Waals surface area contributed by atoms with E-state index >= 15 is 0 Å². The molecule has 80 heavy (non-hydrogen) atoms. The van der Waals surface area contributed by atoms with Crippen molar-refractivity contribution in [2.24, 2.45) is 0 Å². The van der Waals surface area contributed by atoms with Gasteiger partial charge in [0.1, 0.15) is 50.1 Å². The van der Waals surface area contributed by atoms with Crippen LogP contribution in [0.3, 0.4) is 0 Å². The van der Waals surface area contributed by atoms with E-state index in [0.717, 1.165) is 105 Å². The number of thiazole rings is 2. The van der Waals surface area contributed by atoms with Gasteiger partial charge in [0.05, 0.1) is 52.0 Å². The monoisotopic (exact) mass is 1180 g/mol. The fourth-order valence-corrected chi connectivity index (χ4v) is 11.4. The van der Waals surface area contributed by atoms with Crippen molar-refractivity contribution in [1.82, 2.24) is 54.5 Å². The highest BCUT2D eigenvalue weighted by Crippen LogP contribution is 2.41. The SMILES string of the molecule is CC(C)(C)c1cc(-c2nc(C3CCNCC3)sc2Cl)nc(C(C)(C)C)n1.COC(=O)C[n+]1cc(C)n(CC(=O)O)c1.Cc1cc(CC(=O)O)nn1CC(=O)N1CCC(c2nc(-c3cc(C(C)(C)C)nc(C(C)(C)C)n3)c(Cl)s2)CC1. The number of nitrogens with zero attached hydrogens (tertiary/aromatic N) is 11. The van der Waals surface area contributed by atoms with Crippen LogP contribution in [0, 0.1) is 13.8 Å². The molecule has 8 rings (SSSR count). The molecule has 0 aliphatic carbocycles. The van der Waals surface area contributed by atoms with Crippen molar-refractivity contribution in [3.05, 3.63) is 89.5 Å². The number of aromatic nitrogens is 10. The number of carboxylic acid groups (broad SMARTS) is 2. The minimum atomic E-state index is -0.942. The number of likely N-dealkylation sites (tertiary alicyclic amines) is 1. The number of carboxylic acids is 2. The number of hydrogen-bond donors (Lipinski definition) is 3. The molecule has 0 radical (unpaired) electrons. The van der Waals surface area contributed by atoms with Gasteiger partial charge in [0.15, 0.2) is 13.1 Å². The molecule has 434 valence electrons. The number of imidazole rings is 1. The van der Waals surface area contributed by atoms with Crippen LogP contribution >= 0.6 is 45.9 Å². The lowest BCUT2D eigenvalue weighted by molar-refractivity contribution is -0.685. The topological polar surface area (TPSA) is 237 Å². The first kappa shape index (κ1) is 63.4. The number of halogens is 2. The summed E-state index contributed by atoms with van der Waals surface area (Å²) in [5.41, 5.74) is 6.54. The van der Waals surface area contributed by atoms with Gasteiger partial charge in [-0.2, -0.15) is 5.10 Å². The summed E-state index contributed by atoms with van der Waals surface area (Å²) in [5, 5.41) is 27.4. The number of carbonyl (C=O) groups is 4. The van der Waals surface area contributed by atoms with Gasteiger partial charge in [0.2, 0.25) is 12.2 Å². The number of hydrogen-bond acceptors (Lipinski definition) is 15. The largest absolute Gasteiger partial charge is 0.481 e. The van der Waals surface area contributed by atoms with Crippen molar-refractivity contribution in [1.29, 1.82) is 0 Å². The number of aryl methyl sites for hydroxylation is 2. The summed E-state index contributed by atoms with van der Waals surface area (Å²) in [6.45, 7) is 32.7. The lowest BCUT2D eigenvalue weighted by atomic mass is 9.89. The maximum Gasteiger partial charge on any atom is 0.348 e. The molecule has 2 aliphatic rings. The third-order valence-corrected chi connectivity index (χ3v) is 16.3. The second-order valence-corrected chi connectivity index (χ2v) is 27.9. The van der Waals surface area contributed by atoms with Crippen LogP contribution in [0.4, 0.5) is 0 Å². The molecule has 1 amide bonds. The summed E-state index contributed by atoms with van der Waals surface area (Å²) in [6.07, 6.45) is 6.93. The van der Waals surface area contributed by atoms with Gasteiger partial charge in [0.25, 0.3) is 0 Å². The molecule has 0 saturated carbocycles. The van der Waals surface area contributed by atoms with Crippen LogP contribution < -0.4 is 9.88 Å². The van der Waals surface area contributed by atoms with E-state index in [1.54, 1.807) is 50.7 Å². The Kier molecular flexibility index (Phi) is 20.6. The number of nitrogens with one attached hydrogen (secondary N) is 1. The maximum absolute atomic E-state index is 13.0. The van der Waals surface area contributed by atoms with Gasteiger partial charge >= 0.3 is 17.9 Å². The zero-order chi connectivity index (χ0) is 59.2. The number of rotatable bonds is 12. The molecular weight excluding hydrogens is 1100 g/mol. The first-order valence-electron chi connectivity index (χ1n) is 26.9. The molecule has 6 aromatic rings. The van der Waals surface area contributed by atoms with E-state index in [2.05, 4.69) is 104 Å². The van der Waals surface area contributed by atoms with Crippen LogP contribution in [-0.2, 0) is 71.6 Å². The quantitative estimate of drug-likeness (QED) is 0.0763. The highest BCUT2D eigenvalue weighted by Gasteiger charge is 2.31. The van der Waals surface area contributed by atoms with E-state index in [1.807, 2.05) is 17.9 Å². The van der Waals surface area contributed by atoms with Crippen LogP contribution in [0.2, 0.25) is 8.67 Å². The highest BCUT2D eigenvalue weighted by molar-refractivity contribution is 7.16. The summed E-state index contributed by atoms with van der Waals surface area (Å²) in [7, 11) is 1.31. The Bertz CT molecular complexity index is 3100. The number of methoxy groups -OCH3 is 1. The van der Waals surface area contributed by atoms with E-state index in [4.69, 9.17) is 63.3 Å². The van der Waals surface area contributed by atoms with Gasteiger partial charge in [0, 0.05) is 59.2 Å². The second kappa shape index (κ2) is 26.0. The predicted octanol–water partition coefficient (Wildman–Crippen LogP) is 10.0. The molecule has 0 unspecified atom stereocenters. The van der Waals surface area contributed by atoms with Gasteiger partial charge in [-0.25, -0.2) is 48.6 Å². The summed E-state index contributed by atoms with van der Waals surface area (Å²) in [4.78, 5) is 76.5. The van der Waals surface area contributed by atoms with E-state index in [0.29, 0.717) is 34.7 Å². The number of aliphatic carboxylic acids is 2. The van der Waals surface area contributed by atoms with Crippen LogP contribution in [0.1, 0.15) is 171 Å². The third kappa shape index (κ3) is 17.2. The van der Waals surface area contributed by atoms with Crippen molar-refractivity contribution >= 4 is 69.7 Å². The Morgan fingerprint density at radius 1 is 0.675 bits per heavy atom. The van der Waals surface area contributed by atoms with Gasteiger partial charge in [-0.15, -0.1) is 22.7 Å². The zero-order valence-electron chi connectivity index (χ0n) is 49.0. The molecular formula is C57H79Cl2N12O7S2+. The van der Waals surface area contributed by atoms with Crippen LogP contribution in [0.5, 0.6) is 0 Å². The zero-order valence-corrected chi connectivity index (χ0v) is 52.1. The fourth-order valence-electron chi connectivity index (χ4n) is 8.76. The van der Waals surface area contributed by atoms with Gasteiger partial charge in [-0.05, 0) is 63.9 Å². The Morgan fingerprint density at radius 3 is 1.60 bits per heavy atom. The van der Waals surface area contributed by atoms with E-state index in [9.17, 15) is 19.2 Å². The maximum atomic E-state index is 13.0. The first-order chi connectivity index (χ1) is 37.2. The fraction of sp³-hybridized carbons (Fsp3) is 0.579. The summed E-state index contributed by atoms with van der Waals surface area (Å²) in [6, 6.07) is 5.77. The number of ether oxygens (including phenoxy) is 1. The lowest BCUT2D eigenvalue weighted by Crippen LogP contribution is -2.40. The van der Waals surface area contributed by atoms with E-state index in [1.165, 1.54) is 18.4 Å². The average molecular weight is 1180 g/mol. The molecule has 2 aliphatic heterocycles. The molecule has 0 bridgehead atoms. The number of piperidine rings is 2. The number of carbonyl (C=O) groups excluding carboxylic acids is 2. The number of amides is 1. The van der Waals surface area contributed by atoms with Crippen molar-refractivity contribution in [2.75, 3.05) is 33.3 Å². The molecule has 8 heterocycles. The standard InChI is InChI=1S/C28H37ClN6O3S.C20H29ClN4S.C9H12N2O4/c1-16-12-18(13-22(37)38)33-35(16)15-21(36)34-10-8-17(9-11-34)25-32-23(24(29)39-25)19-14-20(27(2,3)4)31-26(30-19)28(5,6)7;1-19(2,3)14-11-13(23-18(24-14)20(4,5)6)15-16(21)26-17(25-15)12-7-9-22-10-8-12;1-7-3-10(5-9(14)15-2)6-11(7)4-8(12)13/h12,14,17H,8-11,13,15H2,1-7H3,(H,37,38);11-12,22H,7-10H2,1-6H3;3,6H,4-5H2,1-2H3/p+1. The van der Waals surface area contributed by atoms with Crippen LogP contribution in [0.15, 0.2) is 30.7 Å². The second-order valence-electron chi connectivity index (χ2n) is 24.6. The van der Waals surface area contributed by atoms with Gasteiger partial charge in [-0.1, -0.05) is 106 Å². The third-order valence-electron chi connectivity index (χ3n) is 13.5. The smallest absolute Gasteiger partial charge is 0.348 e. The normalized spacial score (nSPS) is 14.7. The molecule has 3 N–H and O–H groups in total. The summed E-state index contributed by atoms with van der Waals surface area (Å²) >= 11 is 16.4. The van der Waals surface area contributed by atoms with Crippen molar-refractivity contribution in [2.45, 2.75) is 182 Å². The molecule has 0 spiro atoms. The first-order valence-corrected chi connectivity index (χ1v) is 29.3. The predicted molar refractivity (Wildman–Crippen MR) is 312 cm³/mol. The van der Waals surface area contributed by atoms with Crippen molar-refractivity contribution < 1.29 is 38.7 Å². The van der Waals surface area contributed by atoms with Crippen LogP contribution in [0.25, 0.3) is 22.8 Å². The Morgan fingerprint density at radius 2 is 1.16 bits per heavy atom. The summed E-state index contributed by atoms with van der Waals surface area (Å²) < 4.78 is 10.6. The molecule has 2 saturated heterocycles. The Balaban J connectivity index is 0.000000215. The highest BCUT2D eigenvalue weighted by atomic mass is 35.5. The summed E-state index contributed by atoms with van der Waals surface area (Å²) in [5.74, 6) is 0.0689. The molecule has 23 heteroatoms. The van der Waals surface area contributed by atoms with Gasteiger partial charge < -0.3 is 25.2 Å². The minimum absolute atomic E-state index is 0.0233. The number of esters is 1.